The quantitative estimate of drug-likeness (QED) is 0.430. The zero-order chi connectivity index (χ0) is 19.8. The van der Waals surface area contributed by atoms with Gasteiger partial charge >= 0.3 is 0 Å². The average molecular weight is 387 g/mol. The van der Waals surface area contributed by atoms with Crippen LogP contribution in [0.2, 0.25) is 0 Å². The zero-order valence-electron chi connectivity index (χ0n) is 17.2. The summed E-state index contributed by atoms with van der Waals surface area (Å²) in [5, 5.41) is 6.79. The largest absolute Gasteiger partial charge is 0.492 e. The summed E-state index contributed by atoms with van der Waals surface area (Å²) in [6.07, 6.45) is 5.52. The van der Waals surface area contributed by atoms with Crippen LogP contribution in [0.5, 0.6) is 5.75 Å². The highest BCUT2D eigenvalue weighted by Crippen LogP contribution is 2.27. The fraction of sp³-hybridized carbons (Fsp3) is 0.636. The number of aliphatic imine (C=N–C) groups is 1. The molecular formula is C22H34N4O2. The van der Waals surface area contributed by atoms with E-state index in [1.165, 1.54) is 18.4 Å². The van der Waals surface area contributed by atoms with E-state index in [1.54, 1.807) is 0 Å². The van der Waals surface area contributed by atoms with E-state index >= 15 is 0 Å². The second-order valence-corrected chi connectivity index (χ2v) is 7.82. The first-order valence-electron chi connectivity index (χ1n) is 10.7. The van der Waals surface area contributed by atoms with Gasteiger partial charge in [-0.3, -0.25) is 4.79 Å². The number of nitrogens with zero attached hydrogens (tertiary/aromatic N) is 2. The molecule has 6 heteroatoms. The molecule has 1 saturated heterocycles. The zero-order valence-corrected chi connectivity index (χ0v) is 17.2. The molecule has 6 nitrogen and oxygen atoms in total. The second kappa shape index (κ2) is 10.3. The van der Waals surface area contributed by atoms with Crippen LogP contribution in [-0.2, 0) is 4.79 Å². The molecule has 0 spiro atoms. The number of guanidine groups is 1. The monoisotopic (exact) mass is 386 g/mol. The Kier molecular flexibility index (Phi) is 7.57. The van der Waals surface area contributed by atoms with Gasteiger partial charge in [-0.05, 0) is 50.8 Å². The summed E-state index contributed by atoms with van der Waals surface area (Å²) in [4.78, 5) is 19.3. The van der Waals surface area contributed by atoms with Crippen LogP contribution in [0.25, 0.3) is 0 Å². The Bertz CT molecular complexity index is 670. The summed E-state index contributed by atoms with van der Waals surface area (Å²) in [6.45, 7) is 7.67. The molecule has 0 bridgehead atoms. The van der Waals surface area contributed by atoms with Crippen molar-refractivity contribution >= 4 is 11.9 Å². The predicted molar refractivity (Wildman–Crippen MR) is 113 cm³/mol. The Hall–Kier alpha value is -2.24. The van der Waals surface area contributed by atoms with Gasteiger partial charge in [0.1, 0.15) is 12.4 Å². The highest BCUT2D eigenvalue weighted by atomic mass is 16.5. The van der Waals surface area contributed by atoms with E-state index in [-0.39, 0.29) is 12.0 Å². The number of carbonyl (C=O) groups excluding carboxylic acids is 1. The second-order valence-electron chi connectivity index (χ2n) is 7.82. The molecule has 1 atom stereocenters. The maximum absolute atomic E-state index is 12.6. The molecule has 28 heavy (non-hydrogen) atoms. The number of amides is 1. The van der Waals surface area contributed by atoms with Gasteiger partial charge in [-0.15, -0.1) is 0 Å². The molecule has 1 heterocycles. The Morgan fingerprint density at radius 1 is 1.29 bits per heavy atom. The molecule has 1 aromatic rings. The highest BCUT2D eigenvalue weighted by molar-refractivity contribution is 5.81. The Morgan fingerprint density at radius 3 is 2.86 bits per heavy atom. The first-order chi connectivity index (χ1) is 13.7. The minimum absolute atomic E-state index is 0.263. The lowest BCUT2D eigenvalue weighted by Crippen LogP contribution is -2.45. The summed E-state index contributed by atoms with van der Waals surface area (Å²) in [7, 11) is 0. The van der Waals surface area contributed by atoms with Crippen molar-refractivity contribution in [3.63, 3.8) is 0 Å². The lowest BCUT2D eigenvalue weighted by Gasteiger charge is -2.21. The number of aryl methyl sites for hydroxylation is 1. The topological polar surface area (TPSA) is 66.0 Å². The first kappa shape index (κ1) is 20.5. The molecule has 2 aliphatic rings. The molecule has 2 fully saturated rings. The van der Waals surface area contributed by atoms with E-state index in [9.17, 15) is 4.79 Å². The molecule has 1 saturated carbocycles. The number of benzene rings is 1. The number of rotatable bonds is 7. The van der Waals surface area contributed by atoms with Gasteiger partial charge < -0.3 is 20.3 Å². The van der Waals surface area contributed by atoms with Gasteiger partial charge in [0.15, 0.2) is 5.96 Å². The van der Waals surface area contributed by atoms with Gasteiger partial charge in [0.05, 0.1) is 6.54 Å². The smallest absolute Gasteiger partial charge is 0.225 e. The molecule has 2 N–H and O–H groups in total. The van der Waals surface area contributed by atoms with Crippen molar-refractivity contribution < 1.29 is 9.53 Å². The molecule has 1 aromatic carbocycles. The van der Waals surface area contributed by atoms with Gasteiger partial charge in [0, 0.05) is 31.6 Å². The van der Waals surface area contributed by atoms with E-state index in [2.05, 4.69) is 35.5 Å². The normalized spacial score (nSPS) is 20.4. The van der Waals surface area contributed by atoms with Crippen molar-refractivity contribution in [2.45, 2.75) is 52.0 Å². The van der Waals surface area contributed by atoms with Crippen molar-refractivity contribution in [3.8, 4) is 5.75 Å². The summed E-state index contributed by atoms with van der Waals surface area (Å²) in [5.74, 6) is 2.30. The van der Waals surface area contributed by atoms with Crippen LogP contribution >= 0.6 is 0 Å². The van der Waals surface area contributed by atoms with E-state index in [1.807, 2.05) is 23.1 Å². The van der Waals surface area contributed by atoms with Crippen LogP contribution < -0.4 is 15.4 Å². The van der Waals surface area contributed by atoms with E-state index < -0.39 is 0 Å². The molecule has 0 aromatic heterocycles. The lowest BCUT2D eigenvalue weighted by molar-refractivity contribution is -0.134. The van der Waals surface area contributed by atoms with Crippen molar-refractivity contribution in [1.29, 1.82) is 0 Å². The minimum atomic E-state index is 0.263. The third-order valence-electron chi connectivity index (χ3n) is 5.51. The minimum Gasteiger partial charge on any atom is -0.492 e. The van der Waals surface area contributed by atoms with Crippen molar-refractivity contribution in [2.24, 2.45) is 10.9 Å². The van der Waals surface area contributed by atoms with Gasteiger partial charge in [-0.1, -0.05) is 25.0 Å². The van der Waals surface area contributed by atoms with Crippen LogP contribution in [0.4, 0.5) is 0 Å². The maximum atomic E-state index is 12.6. The van der Waals surface area contributed by atoms with Gasteiger partial charge in [-0.2, -0.15) is 0 Å². The van der Waals surface area contributed by atoms with Crippen molar-refractivity contribution in [1.82, 2.24) is 15.5 Å². The molecule has 154 valence electrons. The number of carbonyl (C=O) groups is 1. The van der Waals surface area contributed by atoms with Gasteiger partial charge in [0.2, 0.25) is 5.91 Å². The fourth-order valence-electron chi connectivity index (χ4n) is 4.05. The maximum Gasteiger partial charge on any atom is 0.225 e. The van der Waals surface area contributed by atoms with Gasteiger partial charge in [-0.25, -0.2) is 4.99 Å². The number of likely N-dealkylation sites (tertiary alicyclic amines) is 1. The summed E-state index contributed by atoms with van der Waals surface area (Å²) < 4.78 is 5.78. The fourth-order valence-corrected chi connectivity index (χ4v) is 4.05. The van der Waals surface area contributed by atoms with Crippen LogP contribution in [-0.4, -0.2) is 55.6 Å². The molecule has 1 amide bonds. The summed E-state index contributed by atoms with van der Waals surface area (Å²) in [6, 6.07) is 8.32. The van der Waals surface area contributed by atoms with Crippen LogP contribution in [0, 0.1) is 12.8 Å². The molecule has 1 aliphatic heterocycles. The first-order valence-corrected chi connectivity index (χ1v) is 10.7. The number of nitrogens with one attached hydrogen (secondary N) is 2. The SMILES string of the molecule is CCNC(=NCCOc1cccc(C)c1)NC1CCN(C(=O)C2CCCC2)C1. The summed E-state index contributed by atoms with van der Waals surface area (Å²) >= 11 is 0. The molecule has 1 aliphatic carbocycles. The highest BCUT2D eigenvalue weighted by Gasteiger charge is 2.32. The third-order valence-corrected chi connectivity index (χ3v) is 5.51. The average Bonchev–Trinajstić information content (AvgIpc) is 3.37. The van der Waals surface area contributed by atoms with E-state index in [4.69, 9.17) is 4.74 Å². The third kappa shape index (κ3) is 5.88. The Labute approximate surface area is 168 Å². The van der Waals surface area contributed by atoms with Crippen LogP contribution in [0.1, 0.15) is 44.6 Å². The summed E-state index contributed by atoms with van der Waals surface area (Å²) in [5.41, 5.74) is 1.19. The van der Waals surface area contributed by atoms with Crippen molar-refractivity contribution in [2.75, 3.05) is 32.8 Å². The number of ether oxygens (including phenoxy) is 1. The Morgan fingerprint density at radius 2 is 2.11 bits per heavy atom. The van der Waals surface area contributed by atoms with Crippen LogP contribution in [0.15, 0.2) is 29.3 Å². The van der Waals surface area contributed by atoms with E-state index in [0.717, 1.165) is 50.6 Å². The number of hydrogen-bond acceptors (Lipinski definition) is 3. The molecule has 1 unspecified atom stereocenters. The standard InChI is InChI=1S/C22H34N4O2/c1-3-23-22(24-12-14-28-20-10-6-7-17(2)15-20)25-19-11-13-26(16-19)21(27)18-8-4-5-9-18/h6-7,10,15,18-19H,3-5,8-9,11-14,16H2,1-2H3,(H2,23,24,25). The lowest BCUT2D eigenvalue weighted by atomic mass is 10.1. The van der Waals surface area contributed by atoms with Crippen LogP contribution in [0.3, 0.4) is 0 Å². The number of hydrogen-bond donors (Lipinski definition) is 2. The van der Waals surface area contributed by atoms with Crippen molar-refractivity contribution in [3.05, 3.63) is 29.8 Å². The molecule has 3 rings (SSSR count). The Balaban J connectivity index is 1.44. The molecule has 0 radical (unpaired) electrons. The van der Waals surface area contributed by atoms with Gasteiger partial charge in [0.25, 0.3) is 0 Å². The molecular weight excluding hydrogens is 352 g/mol. The predicted octanol–water partition coefficient (Wildman–Crippen LogP) is 2.72. The van der Waals surface area contributed by atoms with E-state index in [0.29, 0.717) is 19.1 Å².